The molecule has 0 aliphatic carbocycles. The zero-order chi connectivity index (χ0) is 16.4. The third kappa shape index (κ3) is 4.74. The second-order valence-electron chi connectivity index (χ2n) is 5.81. The van der Waals surface area contributed by atoms with E-state index in [9.17, 15) is 8.42 Å². The molecular formula is C14H22Cl2N2O2S. The van der Waals surface area contributed by atoms with E-state index in [2.05, 4.69) is 32.4 Å². The summed E-state index contributed by atoms with van der Waals surface area (Å²) in [6, 6.07) is 2.75. The lowest BCUT2D eigenvalue weighted by Gasteiger charge is -2.25. The standard InChI is InChI=1S/C14H22Cl2N2O2S/c1-8(2)11(9(3)4)7-18-21(19,20)14-12(16)5-10(15)6-13(14)17/h5-6,8-9,11,18H,7,17H2,1-4H3. The van der Waals surface area contributed by atoms with Crippen molar-refractivity contribution in [2.24, 2.45) is 17.8 Å². The smallest absolute Gasteiger partial charge is 0.244 e. The van der Waals surface area contributed by atoms with Crippen LogP contribution in [-0.2, 0) is 10.0 Å². The Morgan fingerprint density at radius 2 is 1.67 bits per heavy atom. The van der Waals surface area contributed by atoms with Gasteiger partial charge in [0.15, 0.2) is 0 Å². The fraction of sp³-hybridized carbons (Fsp3) is 0.571. The van der Waals surface area contributed by atoms with Crippen LogP contribution in [0.15, 0.2) is 17.0 Å². The molecule has 1 aromatic rings. The summed E-state index contributed by atoms with van der Waals surface area (Å²) < 4.78 is 27.4. The van der Waals surface area contributed by atoms with Crippen molar-refractivity contribution in [2.75, 3.05) is 12.3 Å². The SMILES string of the molecule is CC(C)C(CNS(=O)(=O)c1c(N)cc(Cl)cc1Cl)C(C)C. The first-order valence-electron chi connectivity index (χ1n) is 6.80. The number of nitrogens with two attached hydrogens (primary N) is 1. The number of sulfonamides is 1. The van der Waals surface area contributed by atoms with Gasteiger partial charge in [-0.05, 0) is 29.9 Å². The van der Waals surface area contributed by atoms with Crippen LogP contribution in [0.1, 0.15) is 27.7 Å². The number of benzene rings is 1. The van der Waals surface area contributed by atoms with E-state index in [4.69, 9.17) is 28.9 Å². The van der Waals surface area contributed by atoms with Crippen LogP contribution in [-0.4, -0.2) is 15.0 Å². The van der Waals surface area contributed by atoms with Gasteiger partial charge in [-0.1, -0.05) is 50.9 Å². The highest BCUT2D eigenvalue weighted by atomic mass is 35.5. The molecule has 0 spiro atoms. The van der Waals surface area contributed by atoms with Crippen LogP contribution in [0.2, 0.25) is 10.0 Å². The maximum atomic E-state index is 12.4. The highest BCUT2D eigenvalue weighted by Gasteiger charge is 2.25. The average molecular weight is 353 g/mol. The van der Waals surface area contributed by atoms with Gasteiger partial charge in [0.05, 0.1) is 10.7 Å². The normalized spacial score (nSPS) is 12.6. The molecule has 0 heterocycles. The largest absolute Gasteiger partial charge is 0.398 e. The summed E-state index contributed by atoms with van der Waals surface area (Å²) in [5.41, 5.74) is 5.79. The molecule has 0 unspecified atom stereocenters. The number of nitrogen functional groups attached to an aromatic ring is 1. The van der Waals surface area contributed by atoms with Crippen molar-refractivity contribution in [3.05, 3.63) is 22.2 Å². The molecule has 0 amide bonds. The third-order valence-electron chi connectivity index (χ3n) is 3.53. The third-order valence-corrected chi connectivity index (χ3v) is 5.70. The molecule has 4 nitrogen and oxygen atoms in total. The summed E-state index contributed by atoms with van der Waals surface area (Å²) in [4.78, 5) is -0.111. The molecule has 0 saturated carbocycles. The lowest BCUT2D eigenvalue weighted by Crippen LogP contribution is -2.34. The zero-order valence-electron chi connectivity index (χ0n) is 12.7. The molecule has 21 heavy (non-hydrogen) atoms. The summed E-state index contributed by atoms with van der Waals surface area (Å²) in [5.74, 6) is 0.962. The molecule has 0 radical (unpaired) electrons. The Morgan fingerprint density at radius 3 is 2.10 bits per heavy atom. The summed E-state index contributed by atoms with van der Waals surface area (Å²) in [6.07, 6.45) is 0. The van der Waals surface area contributed by atoms with Gasteiger partial charge in [-0.15, -0.1) is 0 Å². The maximum absolute atomic E-state index is 12.4. The second-order valence-corrected chi connectivity index (χ2v) is 8.36. The van der Waals surface area contributed by atoms with Crippen molar-refractivity contribution >= 4 is 38.9 Å². The minimum Gasteiger partial charge on any atom is -0.398 e. The van der Waals surface area contributed by atoms with Crippen molar-refractivity contribution in [3.63, 3.8) is 0 Å². The Hall–Kier alpha value is -0.490. The van der Waals surface area contributed by atoms with E-state index < -0.39 is 10.0 Å². The minimum atomic E-state index is -3.77. The molecule has 0 saturated heterocycles. The van der Waals surface area contributed by atoms with Gasteiger partial charge >= 0.3 is 0 Å². The quantitative estimate of drug-likeness (QED) is 0.765. The van der Waals surface area contributed by atoms with E-state index in [-0.39, 0.29) is 21.5 Å². The number of rotatable bonds is 6. The van der Waals surface area contributed by atoms with Crippen LogP contribution in [0, 0.1) is 17.8 Å². The zero-order valence-corrected chi connectivity index (χ0v) is 15.0. The molecule has 1 rings (SSSR count). The Bertz CT molecular complexity index is 570. The van der Waals surface area contributed by atoms with Crippen LogP contribution in [0.25, 0.3) is 0 Å². The van der Waals surface area contributed by atoms with E-state index >= 15 is 0 Å². The van der Waals surface area contributed by atoms with E-state index in [1.54, 1.807) is 0 Å². The molecule has 120 valence electrons. The maximum Gasteiger partial charge on any atom is 0.244 e. The molecule has 1 aromatic carbocycles. The van der Waals surface area contributed by atoms with Gasteiger partial charge in [0.1, 0.15) is 4.90 Å². The topological polar surface area (TPSA) is 72.2 Å². The van der Waals surface area contributed by atoms with E-state index in [0.29, 0.717) is 23.4 Å². The van der Waals surface area contributed by atoms with Crippen molar-refractivity contribution in [1.82, 2.24) is 4.72 Å². The number of nitrogens with one attached hydrogen (secondary N) is 1. The van der Waals surface area contributed by atoms with Gasteiger partial charge in [0.2, 0.25) is 10.0 Å². The van der Waals surface area contributed by atoms with Gasteiger partial charge in [0, 0.05) is 11.6 Å². The monoisotopic (exact) mass is 352 g/mol. The van der Waals surface area contributed by atoms with E-state index in [1.807, 2.05) is 0 Å². The molecule has 0 aliphatic rings. The van der Waals surface area contributed by atoms with E-state index in [1.165, 1.54) is 12.1 Å². The Balaban J connectivity index is 3.03. The van der Waals surface area contributed by atoms with Crippen molar-refractivity contribution in [1.29, 1.82) is 0 Å². The van der Waals surface area contributed by atoms with Gasteiger partial charge in [-0.3, -0.25) is 0 Å². The van der Waals surface area contributed by atoms with Crippen molar-refractivity contribution in [3.8, 4) is 0 Å². The van der Waals surface area contributed by atoms with Crippen LogP contribution >= 0.6 is 23.2 Å². The van der Waals surface area contributed by atoms with Crippen LogP contribution in [0.5, 0.6) is 0 Å². The highest BCUT2D eigenvalue weighted by Crippen LogP contribution is 2.31. The number of halogens is 2. The molecule has 0 aliphatic heterocycles. The van der Waals surface area contributed by atoms with Gasteiger partial charge in [0.25, 0.3) is 0 Å². The first kappa shape index (κ1) is 18.6. The summed E-state index contributed by atoms with van der Waals surface area (Å²) in [5, 5.41) is 0.330. The molecule has 0 bridgehead atoms. The molecule has 3 N–H and O–H groups in total. The molecular weight excluding hydrogens is 331 g/mol. The molecule has 7 heteroatoms. The first-order chi connectivity index (χ1) is 9.56. The van der Waals surface area contributed by atoms with Gasteiger partial charge < -0.3 is 5.73 Å². The van der Waals surface area contributed by atoms with Crippen LogP contribution in [0.4, 0.5) is 5.69 Å². The second kappa shape index (κ2) is 7.18. The summed E-state index contributed by atoms with van der Waals surface area (Å²) >= 11 is 11.8. The summed E-state index contributed by atoms with van der Waals surface area (Å²) in [7, 11) is -3.77. The molecule has 0 aromatic heterocycles. The lowest BCUT2D eigenvalue weighted by atomic mass is 9.86. The number of hydrogen-bond donors (Lipinski definition) is 2. The van der Waals surface area contributed by atoms with Crippen molar-refractivity contribution < 1.29 is 8.42 Å². The first-order valence-corrected chi connectivity index (χ1v) is 9.04. The predicted molar refractivity (Wildman–Crippen MR) is 89.2 cm³/mol. The van der Waals surface area contributed by atoms with Crippen LogP contribution in [0.3, 0.4) is 0 Å². The van der Waals surface area contributed by atoms with Crippen molar-refractivity contribution in [2.45, 2.75) is 32.6 Å². The number of hydrogen-bond acceptors (Lipinski definition) is 3. The fourth-order valence-electron chi connectivity index (χ4n) is 2.38. The highest BCUT2D eigenvalue weighted by molar-refractivity contribution is 7.89. The number of anilines is 1. The Labute approximate surface area is 137 Å². The lowest BCUT2D eigenvalue weighted by molar-refractivity contribution is 0.289. The van der Waals surface area contributed by atoms with Gasteiger partial charge in [-0.25, -0.2) is 13.1 Å². The minimum absolute atomic E-state index is 0.0261. The fourth-order valence-corrected chi connectivity index (χ4v) is 4.44. The Morgan fingerprint density at radius 1 is 1.14 bits per heavy atom. The predicted octanol–water partition coefficient (Wildman–Crippen LogP) is 3.78. The average Bonchev–Trinajstić information content (AvgIpc) is 2.25. The summed E-state index contributed by atoms with van der Waals surface area (Å²) in [6.45, 7) is 8.63. The van der Waals surface area contributed by atoms with Gasteiger partial charge in [-0.2, -0.15) is 0 Å². The Kier molecular flexibility index (Phi) is 6.35. The van der Waals surface area contributed by atoms with E-state index in [0.717, 1.165) is 0 Å². The molecule has 0 atom stereocenters. The van der Waals surface area contributed by atoms with Crippen LogP contribution < -0.4 is 10.5 Å². The molecule has 0 fully saturated rings.